The van der Waals surface area contributed by atoms with Crippen LogP contribution >= 0.6 is 11.6 Å². The highest BCUT2D eigenvalue weighted by molar-refractivity contribution is 7.89. The SMILES string of the molecule is C[C@@H](C(=O)NC1CCCC1)N(Cc1ccc(Cl)cc1)C(=O)CN(C)S(=O)(=O)c1ccc2ccccc2c1. The summed E-state index contributed by atoms with van der Waals surface area (Å²) in [5, 5.41) is 5.34. The summed E-state index contributed by atoms with van der Waals surface area (Å²) in [5.41, 5.74) is 0.790. The molecule has 196 valence electrons. The minimum Gasteiger partial charge on any atom is -0.352 e. The average Bonchev–Trinajstić information content (AvgIpc) is 3.40. The monoisotopic (exact) mass is 541 g/mol. The van der Waals surface area contributed by atoms with E-state index < -0.39 is 28.5 Å². The number of sulfonamides is 1. The Morgan fingerprint density at radius 2 is 1.65 bits per heavy atom. The van der Waals surface area contributed by atoms with Gasteiger partial charge in [-0.05, 0) is 60.4 Å². The average molecular weight is 542 g/mol. The summed E-state index contributed by atoms with van der Waals surface area (Å²) in [7, 11) is -2.55. The van der Waals surface area contributed by atoms with Crippen molar-refractivity contribution < 1.29 is 18.0 Å². The summed E-state index contributed by atoms with van der Waals surface area (Å²) >= 11 is 6.01. The molecule has 1 N–H and O–H groups in total. The molecule has 0 saturated heterocycles. The van der Waals surface area contributed by atoms with E-state index in [0.29, 0.717) is 5.02 Å². The largest absolute Gasteiger partial charge is 0.352 e. The van der Waals surface area contributed by atoms with Gasteiger partial charge in [0, 0.05) is 24.7 Å². The maximum Gasteiger partial charge on any atom is 0.243 e. The summed E-state index contributed by atoms with van der Waals surface area (Å²) in [6.07, 6.45) is 4.00. The number of likely N-dealkylation sites (N-methyl/N-ethyl adjacent to an activating group) is 1. The Hall–Kier alpha value is -2.94. The Morgan fingerprint density at radius 3 is 2.32 bits per heavy atom. The number of carbonyl (C=O) groups excluding carboxylic acids is 2. The highest BCUT2D eigenvalue weighted by Gasteiger charge is 2.31. The fourth-order valence-electron chi connectivity index (χ4n) is 4.64. The van der Waals surface area contributed by atoms with Gasteiger partial charge < -0.3 is 10.2 Å². The number of halogens is 1. The van der Waals surface area contributed by atoms with Gasteiger partial charge in [-0.15, -0.1) is 0 Å². The Morgan fingerprint density at radius 1 is 1.00 bits per heavy atom. The minimum atomic E-state index is -3.93. The van der Waals surface area contributed by atoms with Crippen LogP contribution in [0.1, 0.15) is 38.2 Å². The Bertz CT molecular complexity index is 1370. The second-order valence-corrected chi connectivity index (χ2v) is 12.1. The molecule has 0 bridgehead atoms. The van der Waals surface area contributed by atoms with Crippen molar-refractivity contribution in [2.24, 2.45) is 0 Å². The van der Waals surface area contributed by atoms with E-state index in [4.69, 9.17) is 11.6 Å². The zero-order chi connectivity index (χ0) is 26.6. The second-order valence-electron chi connectivity index (χ2n) is 9.58. The van der Waals surface area contributed by atoms with E-state index in [1.165, 1.54) is 11.9 Å². The predicted octanol–water partition coefficient (Wildman–Crippen LogP) is 4.59. The van der Waals surface area contributed by atoms with Gasteiger partial charge in [-0.3, -0.25) is 9.59 Å². The van der Waals surface area contributed by atoms with E-state index in [1.807, 2.05) is 24.3 Å². The normalized spacial score (nSPS) is 15.1. The van der Waals surface area contributed by atoms with Crippen molar-refractivity contribution in [2.45, 2.75) is 56.1 Å². The van der Waals surface area contributed by atoms with Crippen molar-refractivity contribution in [3.8, 4) is 0 Å². The van der Waals surface area contributed by atoms with E-state index >= 15 is 0 Å². The number of amides is 2. The Balaban J connectivity index is 1.54. The molecule has 1 aliphatic rings. The standard InChI is InChI=1S/C28H32ClN3O4S/c1-20(28(34)30-25-9-5-6-10-25)32(18-21-11-14-24(29)15-12-21)27(33)19-31(2)37(35,36)26-16-13-22-7-3-4-8-23(22)17-26/h3-4,7-8,11-17,20,25H,5-6,9-10,18-19H2,1-2H3,(H,30,34)/t20-/m0/s1. The number of carbonyl (C=O) groups is 2. The second kappa shape index (κ2) is 11.6. The molecule has 7 nitrogen and oxygen atoms in total. The van der Waals surface area contributed by atoms with Crippen LogP contribution in [0.25, 0.3) is 10.8 Å². The third-order valence-electron chi connectivity index (χ3n) is 6.92. The maximum absolute atomic E-state index is 13.5. The lowest BCUT2D eigenvalue weighted by Crippen LogP contribution is -2.52. The fourth-order valence-corrected chi connectivity index (χ4v) is 5.92. The van der Waals surface area contributed by atoms with Crippen molar-refractivity contribution >= 4 is 44.2 Å². The number of rotatable bonds is 9. The van der Waals surface area contributed by atoms with Gasteiger partial charge in [-0.1, -0.05) is 66.9 Å². The van der Waals surface area contributed by atoms with Crippen molar-refractivity contribution in [1.82, 2.24) is 14.5 Å². The van der Waals surface area contributed by atoms with E-state index in [0.717, 1.165) is 46.3 Å². The summed E-state index contributed by atoms with van der Waals surface area (Å²) in [6.45, 7) is 1.43. The first-order valence-electron chi connectivity index (χ1n) is 12.4. The van der Waals surface area contributed by atoms with Crippen LogP contribution in [-0.4, -0.2) is 55.1 Å². The molecular formula is C28H32ClN3O4S. The molecule has 1 atom stereocenters. The van der Waals surface area contributed by atoms with Crippen molar-refractivity contribution in [3.05, 3.63) is 77.3 Å². The highest BCUT2D eigenvalue weighted by atomic mass is 35.5. The minimum absolute atomic E-state index is 0.109. The Kier molecular flexibility index (Phi) is 8.52. The summed E-state index contributed by atoms with van der Waals surface area (Å²) in [6, 6.07) is 18.7. The van der Waals surface area contributed by atoms with Crippen molar-refractivity contribution in [3.63, 3.8) is 0 Å². The fraction of sp³-hybridized carbons (Fsp3) is 0.357. The molecule has 1 aliphatic carbocycles. The smallest absolute Gasteiger partial charge is 0.243 e. The lowest BCUT2D eigenvalue weighted by atomic mass is 10.1. The first kappa shape index (κ1) is 27.1. The molecule has 0 radical (unpaired) electrons. The summed E-state index contributed by atoms with van der Waals surface area (Å²) < 4.78 is 27.7. The zero-order valence-electron chi connectivity index (χ0n) is 21.1. The molecule has 9 heteroatoms. The molecule has 2 amide bonds. The van der Waals surface area contributed by atoms with Crippen LogP contribution in [0.4, 0.5) is 0 Å². The van der Waals surface area contributed by atoms with Gasteiger partial charge in [0.15, 0.2) is 0 Å². The zero-order valence-corrected chi connectivity index (χ0v) is 22.6. The Labute approximate surface area is 223 Å². The van der Waals surface area contributed by atoms with Crippen LogP contribution in [0.2, 0.25) is 5.02 Å². The van der Waals surface area contributed by atoms with Crippen LogP contribution < -0.4 is 5.32 Å². The first-order valence-corrected chi connectivity index (χ1v) is 14.3. The quantitative estimate of drug-likeness (QED) is 0.429. The van der Waals surface area contributed by atoms with Gasteiger partial charge in [-0.2, -0.15) is 4.31 Å². The van der Waals surface area contributed by atoms with Crippen LogP contribution in [0.5, 0.6) is 0 Å². The molecule has 0 spiro atoms. The van der Waals surface area contributed by atoms with E-state index in [-0.39, 0.29) is 23.4 Å². The van der Waals surface area contributed by atoms with Crippen LogP contribution in [-0.2, 0) is 26.2 Å². The number of nitrogens with one attached hydrogen (secondary N) is 1. The molecule has 37 heavy (non-hydrogen) atoms. The van der Waals surface area contributed by atoms with Gasteiger partial charge in [0.2, 0.25) is 21.8 Å². The molecule has 3 aromatic rings. The summed E-state index contributed by atoms with van der Waals surface area (Å²) in [5.74, 6) is -0.704. The number of hydrogen-bond donors (Lipinski definition) is 1. The molecule has 1 saturated carbocycles. The molecule has 0 aliphatic heterocycles. The lowest BCUT2D eigenvalue weighted by Gasteiger charge is -2.31. The lowest BCUT2D eigenvalue weighted by molar-refractivity contribution is -0.140. The number of hydrogen-bond acceptors (Lipinski definition) is 4. The van der Waals surface area contributed by atoms with Crippen LogP contribution in [0.3, 0.4) is 0 Å². The number of fused-ring (bicyclic) bond motifs is 1. The molecule has 4 rings (SSSR count). The van der Waals surface area contributed by atoms with Gasteiger partial charge in [0.1, 0.15) is 6.04 Å². The van der Waals surface area contributed by atoms with Gasteiger partial charge >= 0.3 is 0 Å². The molecule has 0 aromatic heterocycles. The van der Waals surface area contributed by atoms with Gasteiger partial charge in [-0.25, -0.2) is 8.42 Å². The van der Waals surface area contributed by atoms with E-state index in [2.05, 4.69) is 5.32 Å². The van der Waals surface area contributed by atoms with Crippen LogP contribution in [0, 0.1) is 0 Å². The summed E-state index contributed by atoms with van der Waals surface area (Å²) in [4.78, 5) is 28.1. The third-order valence-corrected chi connectivity index (χ3v) is 8.97. The molecular weight excluding hydrogens is 510 g/mol. The first-order chi connectivity index (χ1) is 17.6. The van der Waals surface area contributed by atoms with E-state index in [1.54, 1.807) is 49.4 Å². The topological polar surface area (TPSA) is 86.8 Å². The third kappa shape index (κ3) is 6.50. The van der Waals surface area contributed by atoms with Crippen molar-refractivity contribution in [2.75, 3.05) is 13.6 Å². The predicted molar refractivity (Wildman–Crippen MR) is 146 cm³/mol. The van der Waals surface area contributed by atoms with Crippen molar-refractivity contribution in [1.29, 1.82) is 0 Å². The highest BCUT2D eigenvalue weighted by Crippen LogP contribution is 2.22. The van der Waals surface area contributed by atoms with Gasteiger partial charge in [0.25, 0.3) is 0 Å². The van der Waals surface area contributed by atoms with E-state index in [9.17, 15) is 18.0 Å². The number of nitrogens with zero attached hydrogens (tertiary/aromatic N) is 2. The number of benzene rings is 3. The molecule has 0 heterocycles. The van der Waals surface area contributed by atoms with Crippen LogP contribution in [0.15, 0.2) is 71.6 Å². The molecule has 1 fully saturated rings. The maximum atomic E-state index is 13.5. The van der Waals surface area contributed by atoms with Gasteiger partial charge in [0.05, 0.1) is 11.4 Å². The molecule has 3 aromatic carbocycles. The molecule has 0 unspecified atom stereocenters.